The molecule has 0 saturated heterocycles. The number of ether oxygens (including phenoxy) is 2. The Morgan fingerprint density at radius 1 is 0.917 bits per heavy atom. The van der Waals surface area contributed by atoms with Gasteiger partial charge in [0.2, 0.25) is 0 Å². The molecule has 4 rings (SSSR count). The second-order valence-corrected chi connectivity index (χ2v) is 14.1. The standard InChI is InChI=1S/C31H52O5/c1-19(2)9-8-10-20(3)25-11-12-26-24-17-28(36-22(5)33)31(34)18-23(35-21(4)32)13-16-30(31,7)27(24)14-15-29(25,26)6/h19-20,23-28,34H,8-18H2,1-7H3/t20-,23-,24+,25-,26+,27+,28-,29-,30+,31-/m0/s1. The molecule has 0 amide bonds. The lowest BCUT2D eigenvalue weighted by atomic mass is 9.42. The fourth-order valence-electron chi connectivity index (χ4n) is 9.92. The van der Waals surface area contributed by atoms with Crippen LogP contribution in [0.25, 0.3) is 0 Å². The van der Waals surface area contributed by atoms with Crippen LogP contribution < -0.4 is 0 Å². The zero-order valence-electron chi connectivity index (χ0n) is 24.0. The minimum absolute atomic E-state index is 0.308. The first kappa shape index (κ1) is 27.9. The van der Waals surface area contributed by atoms with Gasteiger partial charge in [0.25, 0.3) is 0 Å². The number of esters is 2. The summed E-state index contributed by atoms with van der Waals surface area (Å²) in [6.07, 6.45) is 10.7. The van der Waals surface area contributed by atoms with Gasteiger partial charge in [0.15, 0.2) is 0 Å². The Labute approximate surface area is 219 Å². The van der Waals surface area contributed by atoms with Gasteiger partial charge in [-0.1, -0.05) is 53.9 Å². The summed E-state index contributed by atoms with van der Waals surface area (Å²) >= 11 is 0. The van der Waals surface area contributed by atoms with E-state index in [1.807, 2.05) is 0 Å². The van der Waals surface area contributed by atoms with Gasteiger partial charge in [0, 0.05) is 25.7 Å². The average Bonchev–Trinajstić information content (AvgIpc) is 3.12. The second-order valence-electron chi connectivity index (χ2n) is 14.1. The molecular weight excluding hydrogens is 452 g/mol. The third-order valence-corrected chi connectivity index (χ3v) is 11.6. The van der Waals surface area contributed by atoms with E-state index in [4.69, 9.17) is 9.47 Å². The molecule has 0 radical (unpaired) electrons. The molecule has 0 aromatic rings. The Hall–Kier alpha value is -1.10. The Bertz CT molecular complexity index is 824. The molecule has 5 nitrogen and oxygen atoms in total. The molecule has 4 fully saturated rings. The topological polar surface area (TPSA) is 72.8 Å². The van der Waals surface area contributed by atoms with Crippen molar-refractivity contribution in [3.63, 3.8) is 0 Å². The van der Waals surface area contributed by atoms with Crippen molar-refractivity contribution >= 4 is 11.9 Å². The third kappa shape index (κ3) is 4.76. The van der Waals surface area contributed by atoms with E-state index in [2.05, 4.69) is 34.6 Å². The molecule has 10 atom stereocenters. The van der Waals surface area contributed by atoms with Gasteiger partial charge in [-0.15, -0.1) is 0 Å². The van der Waals surface area contributed by atoms with Crippen molar-refractivity contribution in [2.45, 2.75) is 137 Å². The van der Waals surface area contributed by atoms with Crippen molar-refractivity contribution in [3.05, 3.63) is 0 Å². The first-order valence-corrected chi connectivity index (χ1v) is 14.9. The molecule has 0 heterocycles. The quantitative estimate of drug-likeness (QED) is 0.391. The predicted octanol–water partition coefficient (Wildman–Crippen LogP) is 6.70. The molecular formula is C31H52O5. The summed E-state index contributed by atoms with van der Waals surface area (Å²) in [5.41, 5.74) is -1.16. The van der Waals surface area contributed by atoms with Crippen LogP contribution in [0.15, 0.2) is 0 Å². The van der Waals surface area contributed by atoms with Gasteiger partial charge in [-0.2, -0.15) is 0 Å². The maximum Gasteiger partial charge on any atom is 0.303 e. The molecule has 4 saturated carbocycles. The van der Waals surface area contributed by atoms with Crippen molar-refractivity contribution < 1.29 is 24.2 Å². The van der Waals surface area contributed by atoms with E-state index in [1.165, 1.54) is 52.4 Å². The first-order chi connectivity index (χ1) is 16.8. The number of rotatable bonds is 7. The Kier molecular flexibility index (Phi) is 7.93. The van der Waals surface area contributed by atoms with Crippen LogP contribution in [0.3, 0.4) is 0 Å². The molecule has 206 valence electrons. The van der Waals surface area contributed by atoms with E-state index in [-0.39, 0.29) is 23.5 Å². The molecule has 5 heteroatoms. The summed E-state index contributed by atoms with van der Waals surface area (Å²) < 4.78 is 11.5. The average molecular weight is 505 g/mol. The van der Waals surface area contributed by atoms with Crippen molar-refractivity contribution in [2.24, 2.45) is 46.3 Å². The van der Waals surface area contributed by atoms with E-state index in [0.717, 1.165) is 43.4 Å². The van der Waals surface area contributed by atoms with Crippen LogP contribution in [0, 0.1) is 46.3 Å². The number of carbonyl (C=O) groups excluding carboxylic acids is 2. The van der Waals surface area contributed by atoms with Crippen molar-refractivity contribution in [3.8, 4) is 0 Å². The first-order valence-electron chi connectivity index (χ1n) is 14.9. The van der Waals surface area contributed by atoms with Crippen molar-refractivity contribution in [1.29, 1.82) is 0 Å². The Balaban J connectivity index is 1.59. The van der Waals surface area contributed by atoms with Crippen LogP contribution in [-0.4, -0.2) is 34.9 Å². The van der Waals surface area contributed by atoms with Crippen LogP contribution in [0.1, 0.15) is 119 Å². The van der Waals surface area contributed by atoms with Crippen LogP contribution >= 0.6 is 0 Å². The fourth-order valence-corrected chi connectivity index (χ4v) is 9.92. The molecule has 0 aromatic carbocycles. The van der Waals surface area contributed by atoms with E-state index >= 15 is 0 Å². The van der Waals surface area contributed by atoms with Gasteiger partial charge in [0.05, 0.1) is 0 Å². The zero-order valence-corrected chi connectivity index (χ0v) is 24.0. The minimum atomic E-state index is -1.16. The fraction of sp³-hybridized carbons (Fsp3) is 0.935. The largest absolute Gasteiger partial charge is 0.462 e. The van der Waals surface area contributed by atoms with Gasteiger partial charge >= 0.3 is 11.9 Å². The predicted molar refractivity (Wildman–Crippen MR) is 141 cm³/mol. The molecule has 4 aliphatic rings. The SMILES string of the molecule is CC(=O)O[C@H]1CC[C@]2(C)[C@@H]3CC[C@]4(C)[C@H](CC[C@H]4[C@@H](C)CCCC(C)C)[C@H]3C[C@H](OC(C)=O)[C@@]2(O)C1. The summed E-state index contributed by atoms with van der Waals surface area (Å²) in [7, 11) is 0. The normalized spacial score (nSPS) is 44.8. The lowest BCUT2D eigenvalue weighted by Gasteiger charge is -2.65. The molecule has 0 bridgehead atoms. The van der Waals surface area contributed by atoms with Crippen LogP contribution in [0.4, 0.5) is 0 Å². The minimum Gasteiger partial charge on any atom is -0.462 e. The summed E-state index contributed by atoms with van der Waals surface area (Å²) in [5, 5.41) is 12.3. The zero-order chi connectivity index (χ0) is 26.5. The summed E-state index contributed by atoms with van der Waals surface area (Å²) in [6.45, 7) is 14.8. The van der Waals surface area contributed by atoms with Gasteiger partial charge in [-0.05, 0) is 85.9 Å². The van der Waals surface area contributed by atoms with E-state index in [1.54, 1.807) is 0 Å². The lowest BCUT2D eigenvalue weighted by Crippen LogP contribution is -2.69. The maximum absolute atomic E-state index is 12.3. The van der Waals surface area contributed by atoms with Crippen molar-refractivity contribution in [1.82, 2.24) is 0 Å². The number of fused-ring (bicyclic) bond motifs is 5. The smallest absolute Gasteiger partial charge is 0.303 e. The highest BCUT2D eigenvalue weighted by Crippen LogP contribution is 2.69. The van der Waals surface area contributed by atoms with Gasteiger partial charge < -0.3 is 14.6 Å². The van der Waals surface area contributed by atoms with Gasteiger partial charge in [-0.3, -0.25) is 9.59 Å². The van der Waals surface area contributed by atoms with Crippen LogP contribution in [-0.2, 0) is 19.1 Å². The summed E-state index contributed by atoms with van der Waals surface area (Å²) in [6, 6.07) is 0. The Morgan fingerprint density at radius 2 is 1.61 bits per heavy atom. The monoisotopic (exact) mass is 504 g/mol. The van der Waals surface area contributed by atoms with E-state index in [0.29, 0.717) is 29.6 Å². The van der Waals surface area contributed by atoms with E-state index in [9.17, 15) is 14.7 Å². The highest BCUT2D eigenvalue weighted by molar-refractivity contribution is 5.66. The molecule has 0 unspecified atom stereocenters. The summed E-state index contributed by atoms with van der Waals surface area (Å²) in [5.74, 6) is 3.15. The van der Waals surface area contributed by atoms with Gasteiger partial charge in [0.1, 0.15) is 17.8 Å². The third-order valence-electron chi connectivity index (χ3n) is 11.6. The molecule has 0 aromatic heterocycles. The highest BCUT2D eigenvalue weighted by atomic mass is 16.6. The second kappa shape index (κ2) is 10.2. The maximum atomic E-state index is 12.3. The molecule has 1 N–H and O–H groups in total. The van der Waals surface area contributed by atoms with E-state index < -0.39 is 11.7 Å². The number of carbonyl (C=O) groups is 2. The molecule has 4 aliphatic carbocycles. The molecule has 0 aliphatic heterocycles. The lowest BCUT2D eigenvalue weighted by molar-refractivity contribution is -0.271. The Morgan fingerprint density at radius 3 is 2.25 bits per heavy atom. The van der Waals surface area contributed by atoms with Crippen LogP contribution in [0.5, 0.6) is 0 Å². The van der Waals surface area contributed by atoms with Crippen molar-refractivity contribution in [2.75, 3.05) is 0 Å². The van der Waals surface area contributed by atoms with Crippen LogP contribution in [0.2, 0.25) is 0 Å². The number of hydrogen-bond acceptors (Lipinski definition) is 5. The highest BCUT2D eigenvalue weighted by Gasteiger charge is 2.68. The van der Waals surface area contributed by atoms with Gasteiger partial charge in [-0.25, -0.2) is 0 Å². The molecule has 36 heavy (non-hydrogen) atoms. The number of hydrogen-bond donors (Lipinski definition) is 1. The summed E-state index contributed by atoms with van der Waals surface area (Å²) in [4.78, 5) is 23.9. The number of aliphatic hydroxyl groups is 1. The molecule has 0 spiro atoms.